The van der Waals surface area contributed by atoms with E-state index in [0.29, 0.717) is 5.54 Å². The second-order valence-electron chi connectivity index (χ2n) is 6.79. The predicted molar refractivity (Wildman–Crippen MR) is 88.8 cm³/mol. The Balaban J connectivity index is 1.55. The van der Waals surface area contributed by atoms with Crippen molar-refractivity contribution in [3.63, 3.8) is 0 Å². The van der Waals surface area contributed by atoms with Crippen LogP contribution in [0, 0.1) is 5.92 Å². The lowest BCUT2D eigenvalue weighted by Crippen LogP contribution is -2.44. The van der Waals surface area contributed by atoms with Gasteiger partial charge in [0, 0.05) is 24.2 Å². The largest absolute Gasteiger partial charge is 0.353 e. The minimum atomic E-state index is 0.291. The first kappa shape index (κ1) is 13.7. The first-order valence-electron chi connectivity index (χ1n) is 8.02. The van der Waals surface area contributed by atoms with Gasteiger partial charge in [-0.05, 0) is 45.0 Å². The Morgan fingerprint density at radius 3 is 2.59 bits per heavy atom. The van der Waals surface area contributed by atoms with Crippen LogP contribution in [0.2, 0.25) is 0 Å². The second kappa shape index (κ2) is 5.06. The first-order valence-corrected chi connectivity index (χ1v) is 8.02. The van der Waals surface area contributed by atoms with Gasteiger partial charge >= 0.3 is 0 Å². The molecule has 22 heavy (non-hydrogen) atoms. The molecule has 1 aromatic carbocycles. The van der Waals surface area contributed by atoms with Crippen molar-refractivity contribution in [2.24, 2.45) is 5.92 Å². The quantitative estimate of drug-likeness (QED) is 0.852. The van der Waals surface area contributed by atoms with Gasteiger partial charge in [-0.2, -0.15) is 0 Å². The summed E-state index contributed by atoms with van der Waals surface area (Å²) in [5.41, 5.74) is 2.35. The number of aromatic nitrogens is 2. The van der Waals surface area contributed by atoms with Crippen LogP contribution < -0.4 is 4.90 Å². The van der Waals surface area contributed by atoms with Crippen LogP contribution in [0.25, 0.3) is 11.3 Å². The highest BCUT2D eigenvalue weighted by Crippen LogP contribution is 2.41. The van der Waals surface area contributed by atoms with Crippen LogP contribution in [0.4, 0.5) is 5.82 Å². The topological polar surface area (TPSA) is 32.3 Å². The predicted octanol–water partition coefficient (Wildman–Crippen LogP) is 2.67. The third-order valence-electron chi connectivity index (χ3n) is 5.56. The lowest BCUT2D eigenvalue weighted by atomic mass is 9.91. The Hall–Kier alpha value is -1.94. The molecule has 0 amide bonds. The Kier molecular flexibility index (Phi) is 3.15. The van der Waals surface area contributed by atoms with Gasteiger partial charge in [0.15, 0.2) is 5.82 Å². The van der Waals surface area contributed by atoms with E-state index in [-0.39, 0.29) is 0 Å². The Morgan fingerprint density at radius 2 is 1.91 bits per heavy atom. The highest BCUT2D eigenvalue weighted by molar-refractivity contribution is 5.59. The molecule has 2 aliphatic rings. The fraction of sp³-hybridized carbons (Fsp3) is 0.444. The maximum absolute atomic E-state index is 4.48. The van der Waals surface area contributed by atoms with Crippen molar-refractivity contribution in [3.8, 4) is 11.3 Å². The minimum absolute atomic E-state index is 0.291. The van der Waals surface area contributed by atoms with Crippen LogP contribution in [0.1, 0.15) is 13.3 Å². The molecule has 2 saturated heterocycles. The van der Waals surface area contributed by atoms with Crippen LogP contribution in [-0.4, -0.2) is 47.3 Å². The molecule has 0 N–H and O–H groups in total. The molecule has 1 aromatic heterocycles. The maximum atomic E-state index is 4.48. The van der Waals surface area contributed by atoms with Crippen molar-refractivity contribution in [2.75, 3.05) is 31.6 Å². The molecule has 0 spiro atoms. The summed E-state index contributed by atoms with van der Waals surface area (Å²) in [6.45, 7) is 5.75. The number of rotatable bonds is 2. The number of likely N-dealkylation sites (N-methyl/N-ethyl adjacent to an activating group) is 1. The van der Waals surface area contributed by atoms with Crippen molar-refractivity contribution in [3.05, 3.63) is 42.5 Å². The summed E-state index contributed by atoms with van der Waals surface area (Å²) in [6, 6.07) is 14.4. The SMILES string of the molecule is CN1CCC2CN(c3ccc(-c4ccccc4)nn3)CC21C. The summed E-state index contributed by atoms with van der Waals surface area (Å²) in [5.74, 6) is 1.75. The third-order valence-corrected chi connectivity index (χ3v) is 5.56. The minimum Gasteiger partial charge on any atom is -0.353 e. The summed E-state index contributed by atoms with van der Waals surface area (Å²) >= 11 is 0. The van der Waals surface area contributed by atoms with E-state index in [4.69, 9.17) is 0 Å². The molecular formula is C18H22N4. The zero-order valence-corrected chi connectivity index (χ0v) is 13.2. The van der Waals surface area contributed by atoms with Crippen molar-refractivity contribution >= 4 is 5.82 Å². The molecule has 0 bridgehead atoms. The molecule has 0 aliphatic carbocycles. The molecule has 4 rings (SSSR count). The summed E-state index contributed by atoms with van der Waals surface area (Å²) in [7, 11) is 2.24. The Morgan fingerprint density at radius 1 is 1.09 bits per heavy atom. The van der Waals surface area contributed by atoms with Gasteiger partial charge in [-0.3, -0.25) is 4.90 Å². The molecule has 114 valence electrons. The van der Waals surface area contributed by atoms with E-state index in [1.54, 1.807) is 0 Å². The Bertz CT molecular complexity index is 655. The average Bonchev–Trinajstić information content (AvgIpc) is 3.04. The molecule has 2 unspecified atom stereocenters. The molecule has 4 heteroatoms. The molecule has 2 atom stereocenters. The zero-order valence-electron chi connectivity index (χ0n) is 13.2. The van der Waals surface area contributed by atoms with E-state index in [1.165, 1.54) is 13.0 Å². The van der Waals surface area contributed by atoms with E-state index >= 15 is 0 Å². The van der Waals surface area contributed by atoms with Gasteiger partial charge < -0.3 is 4.90 Å². The molecular weight excluding hydrogens is 272 g/mol. The van der Waals surface area contributed by atoms with Gasteiger partial charge in [0.25, 0.3) is 0 Å². The molecule has 0 radical (unpaired) electrons. The average molecular weight is 294 g/mol. The molecule has 4 nitrogen and oxygen atoms in total. The number of benzene rings is 1. The smallest absolute Gasteiger partial charge is 0.151 e. The van der Waals surface area contributed by atoms with Crippen LogP contribution in [-0.2, 0) is 0 Å². The van der Waals surface area contributed by atoms with Gasteiger partial charge in [-0.1, -0.05) is 30.3 Å². The lowest BCUT2D eigenvalue weighted by molar-refractivity contribution is 0.192. The zero-order chi connectivity index (χ0) is 15.2. The third kappa shape index (κ3) is 2.10. The van der Waals surface area contributed by atoms with Gasteiger partial charge in [0.05, 0.1) is 5.69 Å². The summed E-state index contributed by atoms with van der Waals surface area (Å²) in [4.78, 5) is 4.89. The van der Waals surface area contributed by atoms with Gasteiger partial charge in [-0.15, -0.1) is 10.2 Å². The van der Waals surface area contributed by atoms with E-state index in [2.05, 4.69) is 58.2 Å². The number of fused-ring (bicyclic) bond motifs is 1. The molecule has 0 saturated carbocycles. The molecule has 2 aliphatic heterocycles. The molecule has 3 heterocycles. The molecule has 2 aromatic rings. The van der Waals surface area contributed by atoms with E-state index in [9.17, 15) is 0 Å². The summed E-state index contributed by atoms with van der Waals surface area (Å²) in [6.07, 6.45) is 1.29. The number of hydrogen-bond acceptors (Lipinski definition) is 4. The second-order valence-corrected chi connectivity index (χ2v) is 6.79. The van der Waals surface area contributed by atoms with Crippen molar-refractivity contribution in [1.82, 2.24) is 15.1 Å². The number of likely N-dealkylation sites (tertiary alicyclic amines) is 1. The fourth-order valence-corrected chi connectivity index (χ4v) is 3.91. The van der Waals surface area contributed by atoms with Crippen molar-refractivity contribution in [1.29, 1.82) is 0 Å². The molecule has 2 fully saturated rings. The van der Waals surface area contributed by atoms with Gasteiger partial charge in [-0.25, -0.2) is 0 Å². The van der Waals surface area contributed by atoms with E-state index in [1.807, 2.05) is 18.2 Å². The van der Waals surface area contributed by atoms with Crippen LogP contribution in [0.15, 0.2) is 42.5 Å². The first-order chi connectivity index (χ1) is 10.7. The summed E-state index contributed by atoms with van der Waals surface area (Å²) < 4.78 is 0. The highest BCUT2D eigenvalue weighted by atomic mass is 15.3. The number of nitrogens with zero attached hydrogens (tertiary/aromatic N) is 4. The van der Waals surface area contributed by atoms with E-state index in [0.717, 1.165) is 36.1 Å². The van der Waals surface area contributed by atoms with Crippen molar-refractivity contribution < 1.29 is 0 Å². The number of anilines is 1. The normalized spacial score (nSPS) is 28.1. The maximum Gasteiger partial charge on any atom is 0.151 e. The standard InChI is InChI=1S/C18H22N4/c1-18-13-22(12-15(18)10-11-21(18)2)17-9-8-16(19-20-17)14-6-4-3-5-7-14/h3-9,15H,10-13H2,1-2H3. The van der Waals surface area contributed by atoms with Crippen LogP contribution >= 0.6 is 0 Å². The summed E-state index contributed by atoms with van der Waals surface area (Å²) in [5, 5.41) is 8.90. The Labute approximate surface area is 131 Å². The fourth-order valence-electron chi connectivity index (χ4n) is 3.91. The van der Waals surface area contributed by atoms with Crippen LogP contribution in [0.5, 0.6) is 0 Å². The number of hydrogen-bond donors (Lipinski definition) is 0. The van der Waals surface area contributed by atoms with Gasteiger partial charge in [0.2, 0.25) is 0 Å². The van der Waals surface area contributed by atoms with Crippen molar-refractivity contribution in [2.45, 2.75) is 18.9 Å². The van der Waals surface area contributed by atoms with E-state index < -0.39 is 0 Å². The lowest BCUT2D eigenvalue weighted by Gasteiger charge is -2.32. The van der Waals surface area contributed by atoms with Gasteiger partial charge in [0.1, 0.15) is 0 Å². The van der Waals surface area contributed by atoms with Crippen LogP contribution in [0.3, 0.4) is 0 Å². The monoisotopic (exact) mass is 294 g/mol. The highest BCUT2D eigenvalue weighted by Gasteiger charge is 2.49.